The van der Waals surface area contributed by atoms with E-state index in [1.54, 1.807) is 6.20 Å². The van der Waals surface area contributed by atoms with Gasteiger partial charge in [-0.15, -0.1) is 0 Å². The first-order valence-corrected chi connectivity index (χ1v) is 8.34. The summed E-state index contributed by atoms with van der Waals surface area (Å²) in [4.78, 5) is 8.06. The monoisotopic (exact) mass is 340 g/mol. The molecule has 1 aromatic heterocycles. The average molecular weight is 340 g/mol. The predicted molar refractivity (Wildman–Crippen MR) is 99.6 cm³/mol. The van der Waals surface area contributed by atoms with E-state index in [0.717, 1.165) is 33.8 Å². The SMILES string of the molecule is CCOc1cc(Cc2cnc(N)nc2N)cc2c1OC(C)(C)C=C2C. The van der Waals surface area contributed by atoms with Crippen LogP contribution in [0.15, 0.2) is 24.4 Å². The summed E-state index contributed by atoms with van der Waals surface area (Å²) >= 11 is 0. The maximum atomic E-state index is 6.15. The molecule has 0 fully saturated rings. The van der Waals surface area contributed by atoms with Gasteiger partial charge in [-0.1, -0.05) is 0 Å². The molecule has 2 heterocycles. The number of fused-ring (bicyclic) bond motifs is 1. The molecule has 0 aliphatic carbocycles. The fourth-order valence-corrected chi connectivity index (χ4v) is 3.10. The molecule has 25 heavy (non-hydrogen) atoms. The summed E-state index contributed by atoms with van der Waals surface area (Å²) in [7, 11) is 0. The fraction of sp³-hybridized carbons (Fsp3) is 0.368. The second-order valence-corrected chi connectivity index (χ2v) is 6.75. The van der Waals surface area contributed by atoms with E-state index in [0.29, 0.717) is 18.8 Å². The second kappa shape index (κ2) is 6.27. The Labute approximate surface area is 147 Å². The Hall–Kier alpha value is -2.76. The molecule has 0 bridgehead atoms. The Kier molecular flexibility index (Phi) is 4.29. The van der Waals surface area contributed by atoms with Crippen LogP contribution < -0.4 is 20.9 Å². The zero-order valence-electron chi connectivity index (χ0n) is 15.1. The van der Waals surface area contributed by atoms with Crippen LogP contribution in [0.1, 0.15) is 44.4 Å². The van der Waals surface area contributed by atoms with Crippen LogP contribution in [0, 0.1) is 0 Å². The van der Waals surface area contributed by atoms with Crippen molar-refractivity contribution in [3.8, 4) is 11.5 Å². The van der Waals surface area contributed by atoms with Crippen LogP contribution in [-0.4, -0.2) is 22.2 Å². The van der Waals surface area contributed by atoms with E-state index in [-0.39, 0.29) is 11.5 Å². The number of nitrogens with two attached hydrogens (primary N) is 2. The zero-order valence-corrected chi connectivity index (χ0v) is 15.1. The molecule has 2 aromatic rings. The minimum atomic E-state index is -0.361. The lowest BCUT2D eigenvalue weighted by Gasteiger charge is -2.32. The van der Waals surface area contributed by atoms with E-state index in [2.05, 4.69) is 29.0 Å². The zero-order chi connectivity index (χ0) is 18.2. The van der Waals surface area contributed by atoms with Crippen LogP contribution in [-0.2, 0) is 6.42 Å². The Morgan fingerprint density at radius 3 is 2.68 bits per heavy atom. The van der Waals surface area contributed by atoms with Crippen molar-refractivity contribution in [3.63, 3.8) is 0 Å². The van der Waals surface area contributed by atoms with Gasteiger partial charge in [-0.25, -0.2) is 4.98 Å². The summed E-state index contributed by atoms with van der Waals surface area (Å²) in [5.41, 5.74) is 15.3. The van der Waals surface area contributed by atoms with Crippen LogP contribution in [0.4, 0.5) is 11.8 Å². The second-order valence-electron chi connectivity index (χ2n) is 6.75. The van der Waals surface area contributed by atoms with Gasteiger partial charge in [-0.05, 0) is 57.0 Å². The van der Waals surface area contributed by atoms with Crippen molar-refractivity contribution in [3.05, 3.63) is 41.1 Å². The predicted octanol–water partition coefficient (Wildman–Crippen LogP) is 3.20. The van der Waals surface area contributed by atoms with Gasteiger partial charge in [0.1, 0.15) is 11.4 Å². The van der Waals surface area contributed by atoms with Crippen LogP contribution in [0.3, 0.4) is 0 Å². The fourth-order valence-electron chi connectivity index (χ4n) is 3.10. The molecule has 0 saturated heterocycles. The molecule has 1 aromatic carbocycles. The number of nitrogen functional groups attached to an aromatic ring is 2. The number of hydrogen-bond acceptors (Lipinski definition) is 6. The molecule has 1 aliphatic heterocycles. The third-order valence-electron chi connectivity index (χ3n) is 4.08. The molecule has 6 nitrogen and oxygen atoms in total. The van der Waals surface area contributed by atoms with Crippen LogP contribution >= 0.6 is 0 Å². The number of aromatic nitrogens is 2. The minimum Gasteiger partial charge on any atom is -0.490 e. The Morgan fingerprint density at radius 1 is 1.24 bits per heavy atom. The highest BCUT2D eigenvalue weighted by Crippen LogP contribution is 2.43. The highest BCUT2D eigenvalue weighted by atomic mass is 16.5. The van der Waals surface area contributed by atoms with Gasteiger partial charge in [0.25, 0.3) is 0 Å². The average Bonchev–Trinajstić information content (AvgIpc) is 2.51. The number of hydrogen-bond donors (Lipinski definition) is 2. The largest absolute Gasteiger partial charge is 0.490 e. The maximum absolute atomic E-state index is 6.15. The van der Waals surface area contributed by atoms with Crippen molar-refractivity contribution in [2.75, 3.05) is 18.1 Å². The lowest BCUT2D eigenvalue weighted by molar-refractivity contribution is 0.149. The van der Waals surface area contributed by atoms with Crippen molar-refractivity contribution >= 4 is 17.3 Å². The van der Waals surface area contributed by atoms with Gasteiger partial charge in [0, 0.05) is 23.7 Å². The molecular formula is C19H24N4O2. The summed E-state index contributed by atoms with van der Waals surface area (Å²) < 4.78 is 12.0. The van der Waals surface area contributed by atoms with Gasteiger partial charge in [0.05, 0.1) is 6.61 Å². The van der Waals surface area contributed by atoms with E-state index >= 15 is 0 Å². The van der Waals surface area contributed by atoms with Crippen molar-refractivity contribution in [1.82, 2.24) is 9.97 Å². The molecule has 0 spiro atoms. The van der Waals surface area contributed by atoms with Gasteiger partial charge < -0.3 is 20.9 Å². The van der Waals surface area contributed by atoms with Crippen LogP contribution in [0.2, 0.25) is 0 Å². The number of ether oxygens (including phenoxy) is 2. The Bertz CT molecular complexity index is 844. The summed E-state index contributed by atoms with van der Waals surface area (Å²) in [5.74, 6) is 2.10. The van der Waals surface area contributed by atoms with Gasteiger partial charge in [0.15, 0.2) is 11.5 Å². The molecule has 4 N–H and O–H groups in total. The topological polar surface area (TPSA) is 96.3 Å². The van der Waals surface area contributed by atoms with Crippen LogP contribution in [0.5, 0.6) is 11.5 Å². The summed E-state index contributed by atoms with van der Waals surface area (Å²) in [6.45, 7) is 8.69. The van der Waals surface area contributed by atoms with Gasteiger partial charge >= 0.3 is 0 Å². The Balaban J connectivity index is 2.05. The number of benzene rings is 1. The van der Waals surface area contributed by atoms with E-state index in [4.69, 9.17) is 20.9 Å². The molecule has 3 rings (SSSR count). The molecule has 0 unspecified atom stereocenters. The van der Waals surface area contributed by atoms with Gasteiger partial charge in [0.2, 0.25) is 5.95 Å². The maximum Gasteiger partial charge on any atom is 0.221 e. The lowest BCUT2D eigenvalue weighted by Crippen LogP contribution is -2.29. The standard InChI is InChI=1S/C19H24N4O2/c1-5-24-15-8-12(6-13-10-22-18(21)23-17(13)20)7-14-11(2)9-19(3,4)25-16(14)15/h7-10H,5-6H2,1-4H3,(H4,20,21,22,23). The molecular weight excluding hydrogens is 316 g/mol. The van der Waals surface area contributed by atoms with E-state index in [9.17, 15) is 0 Å². The number of anilines is 2. The summed E-state index contributed by atoms with van der Waals surface area (Å²) in [6, 6.07) is 4.10. The normalized spacial score (nSPS) is 15.1. The Morgan fingerprint density at radius 2 is 2.00 bits per heavy atom. The molecule has 0 amide bonds. The van der Waals surface area contributed by atoms with Crippen molar-refractivity contribution in [2.45, 2.75) is 39.7 Å². The summed E-state index contributed by atoms with van der Waals surface area (Å²) in [5, 5.41) is 0. The smallest absolute Gasteiger partial charge is 0.221 e. The molecule has 132 valence electrons. The van der Waals surface area contributed by atoms with Crippen molar-refractivity contribution < 1.29 is 9.47 Å². The third kappa shape index (κ3) is 3.52. The number of nitrogens with zero attached hydrogens (tertiary/aromatic N) is 2. The molecule has 1 aliphatic rings. The first kappa shape index (κ1) is 17.1. The van der Waals surface area contributed by atoms with Crippen LogP contribution in [0.25, 0.3) is 5.57 Å². The van der Waals surface area contributed by atoms with E-state index in [1.807, 2.05) is 26.8 Å². The third-order valence-corrected chi connectivity index (χ3v) is 4.08. The number of allylic oxidation sites excluding steroid dienone is 1. The molecule has 0 radical (unpaired) electrons. The van der Waals surface area contributed by atoms with Crippen molar-refractivity contribution in [1.29, 1.82) is 0 Å². The molecule has 6 heteroatoms. The highest BCUT2D eigenvalue weighted by Gasteiger charge is 2.28. The first-order chi connectivity index (χ1) is 11.8. The number of rotatable bonds is 4. The van der Waals surface area contributed by atoms with Gasteiger partial charge in [-0.3, -0.25) is 0 Å². The highest BCUT2D eigenvalue weighted by molar-refractivity contribution is 5.75. The minimum absolute atomic E-state index is 0.177. The quantitative estimate of drug-likeness (QED) is 0.887. The van der Waals surface area contributed by atoms with E-state index < -0.39 is 0 Å². The molecule has 0 atom stereocenters. The summed E-state index contributed by atoms with van der Waals surface area (Å²) in [6.07, 6.45) is 4.38. The lowest BCUT2D eigenvalue weighted by atomic mass is 9.93. The first-order valence-electron chi connectivity index (χ1n) is 8.34. The van der Waals surface area contributed by atoms with Crippen molar-refractivity contribution in [2.24, 2.45) is 0 Å². The molecule has 0 saturated carbocycles. The van der Waals surface area contributed by atoms with Gasteiger partial charge in [-0.2, -0.15) is 4.98 Å². The van der Waals surface area contributed by atoms with E-state index in [1.165, 1.54) is 0 Å².